The summed E-state index contributed by atoms with van der Waals surface area (Å²) in [6, 6.07) is 7.29. The summed E-state index contributed by atoms with van der Waals surface area (Å²) in [5.41, 5.74) is 3.35. The second-order valence-corrected chi connectivity index (χ2v) is 5.34. The highest BCUT2D eigenvalue weighted by Gasteiger charge is 2.07. The first kappa shape index (κ1) is 15.3. The van der Waals surface area contributed by atoms with Crippen molar-refractivity contribution in [1.82, 2.24) is 4.98 Å². The number of pyridine rings is 1. The maximum absolute atomic E-state index is 11.8. The molecule has 0 spiro atoms. The zero-order chi connectivity index (χ0) is 15.4. The van der Waals surface area contributed by atoms with Crippen LogP contribution in [0.15, 0.2) is 30.5 Å². The Balaban J connectivity index is 1.95. The Labute approximate surface area is 129 Å². The summed E-state index contributed by atoms with van der Waals surface area (Å²) in [5.74, 6) is 0.907. The van der Waals surface area contributed by atoms with Gasteiger partial charge in [-0.25, -0.2) is 4.98 Å². The average Bonchev–Trinajstić information content (AvgIpc) is 2.44. The number of aromatic nitrogens is 1. The maximum Gasteiger partial charge on any atom is 0.263 e. The van der Waals surface area contributed by atoms with E-state index in [1.165, 1.54) is 11.8 Å². The number of hydrogen-bond donors (Lipinski definition) is 1. The van der Waals surface area contributed by atoms with Gasteiger partial charge >= 0.3 is 0 Å². The van der Waals surface area contributed by atoms with Crippen LogP contribution in [0.4, 0.5) is 5.82 Å². The highest BCUT2D eigenvalue weighted by atomic mass is 35.5. The van der Waals surface area contributed by atoms with E-state index < -0.39 is 0 Å². The number of halogens is 1. The fourth-order valence-electron chi connectivity index (χ4n) is 1.86. The lowest BCUT2D eigenvalue weighted by Gasteiger charge is -2.11. The zero-order valence-corrected chi connectivity index (χ0v) is 13.0. The number of carbonyl (C=O) groups excluding carboxylic acids is 1. The van der Waals surface area contributed by atoms with Gasteiger partial charge in [0.15, 0.2) is 6.61 Å². The van der Waals surface area contributed by atoms with E-state index in [0.29, 0.717) is 10.8 Å². The summed E-state index contributed by atoms with van der Waals surface area (Å²) in [7, 11) is 0. The van der Waals surface area contributed by atoms with Gasteiger partial charge in [0, 0.05) is 6.20 Å². The lowest BCUT2D eigenvalue weighted by atomic mass is 10.1. The Morgan fingerprint density at radius 2 is 1.90 bits per heavy atom. The van der Waals surface area contributed by atoms with Crippen molar-refractivity contribution in [2.75, 3.05) is 11.9 Å². The minimum Gasteiger partial charge on any atom is -0.483 e. The van der Waals surface area contributed by atoms with Gasteiger partial charge in [0.1, 0.15) is 11.6 Å². The van der Waals surface area contributed by atoms with Crippen LogP contribution in [0.5, 0.6) is 5.75 Å². The van der Waals surface area contributed by atoms with Crippen LogP contribution < -0.4 is 10.1 Å². The van der Waals surface area contributed by atoms with Crippen molar-refractivity contribution in [3.8, 4) is 5.75 Å². The molecule has 2 rings (SSSR count). The molecule has 0 aliphatic heterocycles. The molecule has 1 aromatic carbocycles. The van der Waals surface area contributed by atoms with E-state index >= 15 is 0 Å². The van der Waals surface area contributed by atoms with E-state index in [-0.39, 0.29) is 12.5 Å². The van der Waals surface area contributed by atoms with E-state index in [4.69, 9.17) is 16.3 Å². The quantitative estimate of drug-likeness (QED) is 0.937. The monoisotopic (exact) mass is 304 g/mol. The number of benzene rings is 1. The molecule has 110 valence electrons. The van der Waals surface area contributed by atoms with Crippen molar-refractivity contribution in [3.05, 3.63) is 52.2 Å². The first-order chi connectivity index (χ1) is 9.95. The van der Waals surface area contributed by atoms with Gasteiger partial charge in [-0.1, -0.05) is 17.7 Å². The van der Waals surface area contributed by atoms with Crippen LogP contribution in [-0.4, -0.2) is 17.5 Å². The van der Waals surface area contributed by atoms with Crippen molar-refractivity contribution in [3.63, 3.8) is 0 Å². The number of aryl methyl sites for hydroxylation is 3. The molecule has 0 aliphatic rings. The Morgan fingerprint density at radius 1 is 1.19 bits per heavy atom. The molecule has 1 N–H and O–H groups in total. The molecule has 1 heterocycles. The average molecular weight is 305 g/mol. The highest BCUT2D eigenvalue weighted by Crippen LogP contribution is 2.22. The summed E-state index contributed by atoms with van der Waals surface area (Å²) in [5, 5.41) is 3.17. The van der Waals surface area contributed by atoms with Crippen molar-refractivity contribution in [2.24, 2.45) is 0 Å². The SMILES string of the molecule is Cc1cc(C)c(OCC(=O)Nc2ccc(Cl)cn2)cc1C. The van der Waals surface area contributed by atoms with Gasteiger partial charge in [-0.05, 0) is 55.7 Å². The van der Waals surface area contributed by atoms with Crippen LogP contribution in [0.2, 0.25) is 5.02 Å². The largest absolute Gasteiger partial charge is 0.483 e. The smallest absolute Gasteiger partial charge is 0.263 e. The van der Waals surface area contributed by atoms with Gasteiger partial charge in [0.2, 0.25) is 0 Å². The summed E-state index contributed by atoms with van der Waals surface area (Å²) in [4.78, 5) is 15.8. The molecule has 0 aliphatic carbocycles. The number of rotatable bonds is 4. The van der Waals surface area contributed by atoms with Crippen molar-refractivity contribution in [2.45, 2.75) is 20.8 Å². The number of nitrogens with zero attached hydrogens (tertiary/aromatic N) is 1. The lowest BCUT2D eigenvalue weighted by Crippen LogP contribution is -2.21. The molecule has 0 radical (unpaired) electrons. The first-order valence-electron chi connectivity index (χ1n) is 6.58. The molecule has 2 aromatic rings. The van der Waals surface area contributed by atoms with Gasteiger partial charge in [0.05, 0.1) is 5.02 Å². The third kappa shape index (κ3) is 4.20. The van der Waals surface area contributed by atoms with E-state index in [9.17, 15) is 4.79 Å². The molecular weight excluding hydrogens is 288 g/mol. The molecule has 0 atom stereocenters. The summed E-state index contributed by atoms with van der Waals surface area (Å²) < 4.78 is 5.56. The second-order valence-electron chi connectivity index (χ2n) is 4.90. The van der Waals surface area contributed by atoms with E-state index in [1.54, 1.807) is 12.1 Å². The first-order valence-corrected chi connectivity index (χ1v) is 6.95. The Kier molecular flexibility index (Phi) is 4.81. The molecule has 0 bridgehead atoms. The van der Waals surface area contributed by atoms with Crippen LogP contribution in [0, 0.1) is 20.8 Å². The molecule has 0 saturated heterocycles. The summed E-state index contributed by atoms with van der Waals surface area (Å²) >= 11 is 5.73. The van der Waals surface area contributed by atoms with Crippen molar-refractivity contribution < 1.29 is 9.53 Å². The fraction of sp³-hybridized carbons (Fsp3) is 0.250. The minimum absolute atomic E-state index is 0.0619. The fourth-order valence-corrected chi connectivity index (χ4v) is 1.97. The summed E-state index contributed by atoms with van der Waals surface area (Å²) in [6.07, 6.45) is 1.48. The molecule has 1 amide bonds. The molecule has 4 nitrogen and oxygen atoms in total. The lowest BCUT2D eigenvalue weighted by molar-refractivity contribution is -0.118. The van der Waals surface area contributed by atoms with Crippen LogP contribution in [-0.2, 0) is 4.79 Å². The number of hydrogen-bond acceptors (Lipinski definition) is 3. The van der Waals surface area contributed by atoms with Crippen molar-refractivity contribution >= 4 is 23.3 Å². The standard InChI is InChI=1S/C16H17ClN2O2/c1-10-6-12(3)14(7-11(10)2)21-9-16(20)19-15-5-4-13(17)8-18-15/h4-8H,9H2,1-3H3,(H,18,19,20). The van der Waals surface area contributed by atoms with Crippen LogP contribution in [0.25, 0.3) is 0 Å². The van der Waals surface area contributed by atoms with Crippen molar-refractivity contribution in [1.29, 1.82) is 0 Å². The van der Waals surface area contributed by atoms with Gasteiger partial charge in [-0.15, -0.1) is 0 Å². The molecule has 0 fully saturated rings. The predicted molar refractivity (Wildman–Crippen MR) is 84.0 cm³/mol. The molecular formula is C16H17ClN2O2. The topological polar surface area (TPSA) is 51.2 Å². The third-order valence-corrected chi connectivity index (χ3v) is 3.37. The van der Waals surface area contributed by atoms with Gasteiger partial charge in [0.25, 0.3) is 5.91 Å². The van der Waals surface area contributed by atoms with Gasteiger partial charge in [-0.2, -0.15) is 0 Å². The molecule has 0 unspecified atom stereocenters. The Morgan fingerprint density at radius 3 is 2.57 bits per heavy atom. The zero-order valence-electron chi connectivity index (χ0n) is 12.2. The van der Waals surface area contributed by atoms with E-state index in [2.05, 4.69) is 10.3 Å². The molecule has 5 heteroatoms. The predicted octanol–water partition coefficient (Wildman–Crippen LogP) is 3.68. The van der Waals surface area contributed by atoms with E-state index in [0.717, 1.165) is 16.9 Å². The molecule has 1 aromatic heterocycles. The van der Waals surface area contributed by atoms with Crippen LogP contribution in [0.1, 0.15) is 16.7 Å². The molecule has 21 heavy (non-hydrogen) atoms. The normalized spacial score (nSPS) is 10.3. The molecule has 0 saturated carbocycles. The Bertz CT molecular complexity index is 654. The number of amides is 1. The van der Waals surface area contributed by atoms with Crippen LogP contribution >= 0.6 is 11.6 Å². The highest BCUT2D eigenvalue weighted by molar-refractivity contribution is 6.30. The number of nitrogens with one attached hydrogen (secondary N) is 1. The summed E-state index contributed by atoms with van der Waals surface area (Å²) in [6.45, 7) is 5.96. The number of anilines is 1. The van der Waals surface area contributed by atoms with Gasteiger partial charge in [-0.3, -0.25) is 4.79 Å². The Hall–Kier alpha value is -2.07. The number of carbonyl (C=O) groups is 1. The maximum atomic E-state index is 11.8. The van der Waals surface area contributed by atoms with E-state index in [1.807, 2.05) is 32.9 Å². The third-order valence-electron chi connectivity index (χ3n) is 3.14. The van der Waals surface area contributed by atoms with Gasteiger partial charge < -0.3 is 10.1 Å². The van der Waals surface area contributed by atoms with Crippen LogP contribution in [0.3, 0.4) is 0 Å². The number of ether oxygens (including phenoxy) is 1. The second kappa shape index (κ2) is 6.59. The minimum atomic E-state index is -0.262.